The van der Waals surface area contributed by atoms with Crippen molar-refractivity contribution >= 4 is 35.4 Å². The van der Waals surface area contributed by atoms with Gasteiger partial charge in [-0.1, -0.05) is 22.8 Å². The Morgan fingerprint density at radius 1 is 1.41 bits per heavy atom. The highest BCUT2D eigenvalue weighted by Gasteiger charge is 2.22. The van der Waals surface area contributed by atoms with E-state index in [1.54, 1.807) is 25.1 Å². The number of methoxy groups -OCH3 is 1. The first-order valence-electron chi connectivity index (χ1n) is 7.82. The topological polar surface area (TPSA) is 114 Å². The second kappa shape index (κ2) is 9.04. The van der Waals surface area contributed by atoms with Gasteiger partial charge < -0.3 is 18.7 Å². The van der Waals surface area contributed by atoms with Crippen molar-refractivity contribution in [1.29, 1.82) is 0 Å². The van der Waals surface area contributed by atoms with Crippen molar-refractivity contribution in [3.8, 4) is 11.5 Å². The Bertz CT molecular complexity index is 876. The lowest BCUT2D eigenvalue weighted by Gasteiger charge is -2.12. The molecule has 0 atom stereocenters. The number of esters is 1. The molecule has 0 radical (unpaired) electrons. The molecule has 0 aliphatic heterocycles. The van der Waals surface area contributed by atoms with Gasteiger partial charge in [-0.25, -0.2) is 4.79 Å². The van der Waals surface area contributed by atoms with Gasteiger partial charge in [0.2, 0.25) is 5.76 Å². The molecule has 0 saturated heterocycles. The van der Waals surface area contributed by atoms with E-state index < -0.39 is 10.9 Å². The van der Waals surface area contributed by atoms with Crippen molar-refractivity contribution in [3.63, 3.8) is 0 Å². The number of nitrogens with zero attached hydrogens (tertiary/aromatic N) is 2. The summed E-state index contributed by atoms with van der Waals surface area (Å²) in [6, 6.07) is 3.15. The number of ether oxygens (including phenoxy) is 3. The summed E-state index contributed by atoms with van der Waals surface area (Å²) >= 11 is 6.21. The van der Waals surface area contributed by atoms with Crippen molar-refractivity contribution in [2.45, 2.75) is 13.8 Å². The van der Waals surface area contributed by atoms with Crippen LogP contribution in [0.3, 0.4) is 0 Å². The van der Waals surface area contributed by atoms with Crippen LogP contribution >= 0.6 is 11.6 Å². The van der Waals surface area contributed by atoms with Crippen molar-refractivity contribution in [2.75, 3.05) is 20.3 Å². The molecular weight excluding hydrogens is 380 g/mol. The first kappa shape index (κ1) is 20.2. The molecule has 0 aliphatic carbocycles. The standard InChI is InChI=1S/C17H17ClN2O7/c1-4-25-15(21)9-26-17-12(18)7-11(8-14(17)24-3)5-6-13-16(20(22)23)10(2)19-27-13/h5-8H,4,9H2,1-3H3/b6-5+. The highest BCUT2D eigenvalue weighted by atomic mass is 35.5. The summed E-state index contributed by atoms with van der Waals surface area (Å²) in [7, 11) is 1.42. The maximum Gasteiger partial charge on any atom is 0.344 e. The van der Waals surface area contributed by atoms with Gasteiger partial charge in [-0.05, 0) is 37.6 Å². The predicted octanol–water partition coefficient (Wildman–Crippen LogP) is 3.67. The molecule has 27 heavy (non-hydrogen) atoms. The molecule has 0 amide bonds. The quantitative estimate of drug-likeness (QED) is 0.377. The smallest absolute Gasteiger partial charge is 0.344 e. The molecule has 2 rings (SSSR count). The number of rotatable bonds is 8. The van der Waals surface area contributed by atoms with Crippen molar-refractivity contribution < 1.29 is 28.5 Å². The van der Waals surface area contributed by atoms with E-state index in [2.05, 4.69) is 5.16 Å². The van der Waals surface area contributed by atoms with Crippen LogP contribution in [0.1, 0.15) is 23.9 Å². The zero-order valence-electron chi connectivity index (χ0n) is 14.9. The lowest BCUT2D eigenvalue weighted by atomic mass is 10.1. The van der Waals surface area contributed by atoms with Crippen LogP contribution in [0.5, 0.6) is 11.5 Å². The van der Waals surface area contributed by atoms with E-state index in [-0.39, 0.29) is 46.9 Å². The van der Waals surface area contributed by atoms with Gasteiger partial charge in [-0.15, -0.1) is 0 Å². The maximum atomic E-state index is 11.4. The second-order valence-electron chi connectivity index (χ2n) is 5.20. The summed E-state index contributed by atoms with van der Waals surface area (Å²) in [5, 5.41) is 14.8. The third kappa shape index (κ3) is 4.98. The number of carbonyl (C=O) groups excluding carboxylic acids is 1. The molecule has 2 aromatic rings. The van der Waals surface area contributed by atoms with E-state index in [4.69, 9.17) is 30.3 Å². The number of carbonyl (C=O) groups is 1. The molecule has 10 heteroatoms. The molecular formula is C17H17ClN2O7. The Morgan fingerprint density at radius 2 is 2.15 bits per heavy atom. The van der Waals surface area contributed by atoms with Crippen LogP contribution in [0, 0.1) is 17.0 Å². The normalized spacial score (nSPS) is 10.8. The summed E-state index contributed by atoms with van der Waals surface area (Å²) in [4.78, 5) is 21.9. The minimum absolute atomic E-state index is 0.00947. The summed E-state index contributed by atoms with van der Waals surface area (Å²) in [5.41, 5.74) is 0.542. The fourth-order valence-corrected chi connectivity index (χ4v) is 2.47. The van der Waals surface area contributed by atoms with Crippen molar-refractivity contribution in [1.82, 2.24) is 5.16 Å². The number of hydrogen-bond acceptors (Lipinski definition) is 8. The molecule has 0 fully saturated rings. The van der Waals surface area contributed by atoms with Gasteiger partial charge >= 0.3 is 11.7 Å². The van der Waals surface area contributed by atoms with Gasteiger partial charge in [0, 0.05) is 0 Å². The number of hydrogen-bond donors (Lipinski definition) is 0. The SMILES string of the molecule is CCOC(=O)COc1c(Cl)cc(/C=C/c2onc(C)c2[N+](=O)[O-])cc1OC. The Kier molecular flexibility index (Phi) is 6.78. The van der Waals surface area contributed by atoms with Crippen LogP contribution in [0.4, 0.5) is 5.69 Å². The molecule has 0 N–H and O–H groups in total. The second-order valence-corrected chi connectivity index (χ2v) is 5.61. The predicted molar refractivity (Wildman–Crippen MR) is 97.0 cm³/mol. The highest BCUT2D eigenvalue weighted by molar-refractivity contribution is 6.32. The van der Waals surface area contributed by atoms with E-state index in [0.717, 1.165) is 0 Å². The number of aromatic nitrogens is 1. The Balaban J connectivity index is 2.26. The molecule has 0 bridgehead atoms. The van der Waals surface area contributed by atoms with Crippen LogP contribution in [0.25, 0.3) is 12.2 Å². The minimum atomic E-state index is -0.564. The summed E-state index contributed by atoms with van der Waals surface area (Å²) in [5.74, 6) is -0.0524. The molecule has 1 aromatic carbocycles. The maximum absolute atomic E-state index is 11.4. The molecule has 1 heterocycles. The molecule has 9 nitrogen and oxygen atoms in total. The molecule has 144 valence electrons. The van der Waals surface area contributed by atoms with Crippen molar-refractivity contribution in [3.05, 3.63) is 44.3 Å². The molecule has 0 saturated carbocycles. The zero-order valence-corrected chi connectivity index (χ0v) is 15.6. The third-order valence-electron chi connectivity index (χ3n) is 3.36. The first-order valence-corrected chi connectivity index (χ1v) is 8.19. The average molecular weight is 397 g/mol. The van der Waals surface area contributed by atoms with Crippen LogP contribution in [0.15, 0.2) is 16.7 Å². The van der Waals surface area contributed by atoms with Crippen LogP contribution < -0.4 is 9.47 Å². The molecule has 0 spiro atoms. The lowest BCUT2D eigenvalue weighted by Crippen LogP contribution is -2.15. The zero-order chi connectivity index (χ0) is 20.0. The molecule has 1 aromatic heterocycles. The minimum Gasteiger partial charge on any atom is -0.493 e. The Morgan fingerprint density at radius 3 is 2.78 bits per heavy atom. The number of aryl methyl sites for hydroxylation is 1. The third-order valence-corrected chi connectivity index (χ3v) is 3.64. The average Bonchev–Trinajstić information content (AvgIpc) is 2.99. The highest BCUT2D eigenvalue weighted by Crippen LogP contribution is 2.37. The number of benzene rings is 1. The molecule has 0 aliphatic rings. The first-order chi connectivity index (χ1) is 12.9. The Hall–Kier alpha value is -3.07. The van der Waals surface area contributed by atoms with Crippen molar-refractivity contribution in [2.24, 2.45) is 0 Å². The Labute approximate surface area is 159 Å². The summed E-state index contributed by atoms with van der Waals surface area (Å²) in [6.07, 6.45) is 2.96. The monoisotopic (exact) mass is 396 g/mol. The lowest BCUT2D eigenvalue weighted by molar-refractivity contribution is -0.386. The number of nitro groups is 1. The summed E-state index contributed by atoms with van der Waals surface area (Å²) < 4.78 is 20.4. The van der Waals surface area contributed by atoms with Crippen LogP contribution in [0.2, 0.25) is 5.02 Å². The van der Waals surface area contributed by atoms with Gasteiger partial charge in [0.15, 0.2) is 23.8 Å². The van der Waals surface area contributed by atoms with Gasteiger partial charge in [0.25, 0.3) is 0 Å². The van der Waals surface area contributed by atoms with Crippen LogP contribution in [-0.2, 0) is 9.53 Å². The van der Waals surface area contributed by atoms with Gasteiger partial charge in [0.1, 0.15) is 0 Å². The largest absolute Gasteiger partial charge is 0.493 e. The van der Waals surface area contributed by atoms with Crippen LogP contribution in [-0.4, -0.2) is 36.4 Å². The fourth-order valence-electron chi connectivity index (χ4n) is 2.20. The van der Waals surface area contributed by atoms with E-state index in [0.29, 0.717) is 5.56 Å². The fraction of sp³-hybridized carbons (Fsp3) is 0.294. The number of halogens is 1. The summed E-state index contributed by atoms with van der Waals surface area (Å²) in [6.45, 7) is 3.09. The van der Waals surface area contributed by atoms with E-state index in [1.807, 2.05) is 0 Å². The van der Waals surface area contributed by atoms with Gasteiger partial charge in [-0.3, -0.25) is 10.1 Å². The van der Waals surface area contributed by atoms with Gasteiger partial charge in [-0.2, -0.15) is 0 Å². The van der Waals surface area contributed by atoms with E-state index >= 15 is 0 Å². The molecule has 0 unspecified atom stereocenters. The van der Waals surface area contributed by atoms with E-state index in [1.165, 1.54) is 20.1 Å². The van der Waals surface area contributed by atoms with E-state index in [9.17, 15) is 14.9 Å². The van der Waals surface area contributed by atoms with Gasteiger partial charge in [0.05, 0.1) is 23.7 Å².